The number of nitrogens with zero attached hydrogens (tertiary/aromatic N) is 1. The van der Waals surface area contributed by atoms with E-state index in [0.29, 0.717) is 0 Å². The van der Waals surface area contributed by atoms with Crippen LogP contribution in [0, 0.1) is 0 Å². The van der Waals surface area contributed by atoms with Gasteiger partial charge in [0.2, 0.25) is 0 Å². The zero-order valence-electron chi connectivity index (χ0n) is 17.8. The number of phenols is 1. The Labute approximate surface area is 185 Å². The fourth-order valence-corrected chi connectivity index (χ4v) is 4.26. The summed E-state index contributed by atoms with van der Waals surface area (Å²) in [5.41, 5.74) is 1.71. The second-order valence-electron chi connectivity index (χ2n) is 7.35. The van der Waals surface area contributed by atoms with Gasteiger partial charge in [0, 0.05) is 6.20 Å². The summed E-state index contributed by atoms with van der Waals surface area (Å²) in [6.45, 7) is 3.52. The van der Waals surface area contributed by atoms with Gasteiger partial charge >= 0.3 is 11.9 Å². The summed E-state index contributed by atoms with van der Waals surface area (Å²) in [7, 11) is 0. The number of carbonyl (C=O) groups is 3. The Morgan fingerprint density at radius 3 is 2.22 bits per heavy atom. The molecule has 7 nitrogen and oxygen atoms in total. The molecule has 2 heterocycles. The minimum absolute atomic E-state index is 0.0513. The van der Waals surface area contributed by atoms with Crippen molar-refractivity contribution in [2.45, 2.75) is 25.9 Å². The van der Waals surface area contributed by atoms with E-state index in [4.69, 9.17) is 9.47 Å². The molecule has 2 atom stereocenters. The first-order chi connectivity index (χ1) is 15.5. The molecule has 0 amide bonds. The van der Waals surface area contributed by atoms with Crippen molar-refractivity contribution in [3.05, 3.63) is 82.6 Å². The van der Waals surface area contributed by atoms with E-state index in [0.717, 1.165) is 11.1 Å². The molecule has 0 saturated carbocycles. The third-order valence-corrected chi connectivity index (χ3v) is 5.56. The van der Waals surface area contributed by atoms with Gasteiger partial charge in [-0.25, -0.2) is 9.59 Å². The van der Waals surface area contributed by atoms with Crippen molar-refractivity contribution in [3.63, 3.8) is 0 Å². The Kier molecular flexibility index (Phi) is 5.81. The maximum absolute atomic E-state index is 13.7. The van der Waals surface area contributed by atoms with Gasteiger partial charge in [0.15, 0.2) is 5.78 Å². The monoisotopic (exact) mass is 433 g/mol. The van der Waals surface area contributed by atoms with Crippen molar-refractivity contribution in [2.24, 2.45) is 0 Å². The largest absolute Gasteiger partial charge is 0.507 e. The van der Waals surface area contributed by atoms with Crippen LogP contribution < -0.4 is 0 Å². The second-order valence-corrected chi connectivity index (χ2v) is 7.35. The molecule has 0 bridgehead atoms. The van der Waals surface area contributed by atoms with Gasteiger partial charge in [-0.05, 0) is 43.2 Å². The highest BCUT2D eigenvalue weighted by molar-refractivity contribution is 6.14. The summed E-state index contributed by atoms with van der Waals surface area (Å²) >= 11 is 0. The predicted molar refractivity (Wildman–Crippen MR) is 117 cm³/mol. The molecule has 0 aromatic heterocycles. The van der Waals surface area contributed by atoms with Crippen LogP contribution in [0.15, 0.2) is 65.9 Å². The number of aromatic hydroxyl groups is 1. The highest BCUT2D eigenvalue weighted by atomic mass is 16.5. The first kappa shape index (κ1) is 21.4. The van der Waals surface area contributed by atoms with Gasteiger partial charge in [-0.15, -0.1) is 0 Å². The van der Waals surface area contributed by atoms with Gasteiger partial charge in [-0.2, -0.15) is 0 Å². The predicted octanol–water partition coefficient (Wildman–Crippen LogP) is 3.41. The van der Waals surface area contributed by atoms with Crippen LogP contribution in [0.5, 0.6) is 5.75 Å². The number of hydrogen-bond donors (Lipinski definition) is 1. The molecule has 0 fully saturated rings. The number of fused-ring (bicyclic) bond motifs is 3. The zero-order chi connectivity index (χ0) is 22.8. The smallest absolute Gasteiger partial charge is 0.337 e. The van der Waals surface area contributed by atoms with Crippen LogP contribution in [0.25, 0.3) is 6.08 Å². The number of rotatable bonds is 6. The lowest BCUT2D eigenvalue weighted by Crippen LogP contribution is -2.39. The molecule has 2 aromatic carbocycles. The number of phenolic OH excluding ortho intramolecular Hbond substituents is 1. The summed E-state index contributed by atoms with van der Waals surface area (Å²) in [4.78, 5) is 41.5. The van der Waals surface area contributed by atoms with Gasteiger partial charge in [-0.1, -0.05) is 36.4 Å². The summed E-state index contributed by atoms with van der Waals surface area (Å²) in [5, 5.41) is 10.3. The number of carbonyl (C=O) groups excluding carboxylic acids is 3. The van der Waals surface area contributed by atoms with Crippen LogP contribution in [-0.2, 0) is 19.1 Å². The lowest BCUT2D eigenvalue weighted by Gasteiger charge is -2.34. The van der Waals surface area contributed by atoms with Crippen molar-refractivity contribution < 1.29 is 29.0 Å². The minimum Gasteiger partial charge on any atom is -0.507 e. The number of Topliss-reactive ketones (excluding diaryl/α,β-unsaturated/α-hetero) is 1. The lowest BCUT2D eigenvalue weighted by atomic mass is 9.91. The second kappa shape index (κ2) is 8.70. The SMILES string of the molecule is CCOC(=O)C1=C(C(=O)OCC)C2c3ccccc3C=CN2C1C(=O)c1ccccc1O. The van der Waals surface area contributed by atoms with Gasteiger partial charge in [-0.3, -0.25) is 4.79 Å². The Morgan fingerprint density at radius 1 is 0.906 bits per heavy atom. The number of esters is 2. The average Bonchev–Trinajstić information content (AvgIpc) is 3.15. The fraction of sp³-hybridized carbons (Fsp3) is 0.240. The lowest BCUT2D eigenvalue weighted by molar-refractivity contribution is -0.141. The van der Waals surface area contributed by atoms with E-state index in [1.54, 1.807) is 37.1 Å². The summed E-state index contributed by atoms with van der Waals surface area (Å²) in [6.07, 6.45) is 3.52. The molecule has 4 rings (SSSR count). The topological polar surface area (TPSA) is 93.1 Å². The van der Waals surface area contributed by atoms with Gasteiger partial charge < -0.3 is 19.5 Å². The summed E-state index contributed by atoms with van der Waals surface area (Å²) in [5.74, 6) is -2.16. The van der Waals surface area contributed by atoms with E-state index in [9.17, 15) is 19.5 Å². The number of ketones is 1. The maximum Gasteiger partial charge on any atom is 0.337 e. The van der Waals surface area contributed by atoms with Gasteiger partial charge in [0.1, 0.15) is 11.8 Å². The van der Waals surface area contributed by atoms with Crippen LogP contribution in [0.3, 0.4) is 0 Å². The summed E-state index contributed by atoms with van der Waals surface area (Å²) < 4.78 is 10.5. The van der Waals surface area contributed by atoms with Crippen molar-refractivity contribution in [2.75, 3.05) is 13.2 Å². The van der Waals surface area contributed by atoms with E-state index in [2.05, 4.69) is 0 Å². The van der Waals surface area contributed by atoms with Gasteiger partial charge in [0.05, 0.1) is 36.0 Å². The van der Waals surface area contributed by atoms with Crippen LogP contribution in [-0.4, -0.2) is 47.0 Å². The van der Waals surface area contributed by atoms with E-state index in [1.165, 1.54) is 12.1 Å². The van der Waals surface area contributed by atoms with Crippen LogP contribution in [0.2, 0.25) is 0 Å². The fourth-order valence-electron chi connectivity index (χ4n) is 4.26. The normalized spacial score (nSPS) is 18.8. The average molecular weight is 433 g/mol. The van der Waals surface area contributed by atoms with E-state index < -0.39 is 29.8 Å². The number of para-hydroxylation sites is 1. The van der Waals surface area contributed by atoms with E-state index in [1.807, 2.05) is 30.3 Å². The zero-order valence-corrected chi connectivity index (χ0v) is 17.8. The standard InChI is InChI=1S/C25H23NO6/c1-3-31-24(29)19-20(25(30)32-4-2)22(23(28)17-11-7-8-12-18(17)27)26-14-13-15-9-5-6-10-16(15)21(19)26/h5-14,21-22,27H,3-4H2,1-2H3. The molecule has 0 radical (unpaired) electrons. The quantitative estimate of drug-likeness (QED) is 0.551. The molecular weight excluding hydrogens is 410 g/mol. The van der Waals surface area contributed by atoms with Crippen molar-refractivity contribution in [1.82, 2.24) is 4.90 Å². The molecular formula is C25H23NO6. The first-order valence-electron chi connectivity index (χ1n) is 10.4. The van der Waals surface area contributed by atoms with Gasteiger partial charge in [0.25, 0.3) is 0 Å². The Morgan fingerprint density at radius 2 is 1.53 bits per heavy atom. The minimum atomic E-state index is -1.16. The van der Waals surface area contributed by atoms with E-state index >= 15 is 0 Å². The number of ether oxygens (including phenoxy) is 2. The third kappa shape index (κ3) is 3.45. The molecule has 32 heavy (non-hydrogen) atoms. The van der Waals surface area contributed by atoms with Crippen molar-refractivity contribution >= 4 is 23.8 Å². The molecule has 164 valence electrons. The third-order valence-electron chi connectivity index (χ3n) is 5.56. The molecule has 0 spiro atoms. The maximum atomic E-state index is 13.7. The van der Waals surface area contributed by atoms with Crippen LogP contribution in [0.1, 0.15) is 41.4 Å². The number of benzene rings is 2. The molecule has 0 aliphatic carbocycles. The highest BCUT2D eigenvalue weighted by Crippen LogP contribution is 2.47. The van der Waals surface area contributed by atoms with Crippen LogP contribution >= 0.6 is 0 Å². The molecule has 2 aromatic rings. The Bertz CT molecular complexity index is 1150. The molecule has 0 saturated heterocycles. The highest BCUT2D eigenvalue weighted by Gasteiger charge is 2.51. The Balaban J connectivity index is 1.95. The van der Waals surface area contributed by atoms with Crippen molar-refractivity contribution in [1.29, 1.82) is 0 Å². The summed E-state index contributed by atoms with van der Waals surface area (Å²) in [6, 6.07) is 11.7. The molecule has 2 aliphatic rings. The Hall–Kier alpha value is -3.87. The molecule has 7 heteroatoms. The number of hydrogen-bond acceptors (Lipinski definition) is 7. The van der Waals surface area contributed by atoms with Crippen LogP contribution in [0.4, 0.5) is 0 Å². The molecule has 1 N–H and O–H groups in total. The molecule has 2 unspecified atom stereocenters. The van der Waals surface area contributed by atoms with E-state index in [-0.39, 0.29) is 35.7 Å². The first-order valence-corrected chi connectivity index (χ1v) is 10.4. The molecule has 2 aliphatic heterocycles. The van der Waals surface area contributed by atoms with Crippen molar-refractivity contribution in [3.8, 4) is 5.75 Å².